The van der Waals surface area contributed by atoms with Crippen molar-refractivity contribution in [1.29, 1.82) is 0 Å². The molecule has 0 bridgehead atoms. The second-order valence-corrected chi connectivity index (χ2v) is 7.10. The van der Waals surface area contributed by atoms with E-state index in [0.717, 1.165) is 74.1 Å². The van der Waals surface area contributed by atoms with Crippen LogP contribution >= 0.6 is 12.2 Å². The van der Waals surface area contributed by atoms with Gasteiger partial charge in [0, 0.05) is 38.8 Å². The standard InChI is InChI=1S/C19H28N4OS/c1-3-24-11-5-9-20-19(25)23-10-4-6-15(13-23)18-21-16-8-7-14(2)12-17(16)22-18/h7-8,12,15H,3-6,9-11,13H2,1-2H3,(H,20,25)(H,21,22)/t15-/m0/s1. The third-order valence-electron chi connectivity index (χ3n) is 4.70. The number of fused-ring (bicyclic) bond motifs is 1. The van der Waals surface area contributed by atoms with Crippen molar-refractivity contribution >= 4 is 28.4 Å². The van der Waals surface area contributed by atoms with Crippen molar-refractivity contribution in [3.8, 4) is 0 Å². The van der Waals surface area contributed by atoms with E-state index in [-0.39, 0.29) is 0 Å². The second-order valence-electron chi connectivity index (χ2n) is 6.71. The molecule has 0 radical (unpaired) electrons. The van der Waals surface area contributed by atoms with Crippen molar-refractivity contribution in [2.75, 3.05) is 32.8 Å². The quantitative estimate of drug-likeness (QED) is 0.611. The Hall–Kier alpha value is -1.66. The Kier molecular flexibility index (Phi) is 6.26. The first-order chi connectivity index (χ1) is 12.2. The van der Waals surface area contributed by atoms with Crippen LogP contribution in [-0.4, -0.2) is 52.8 Å². The Morgan fingerprint density at radius 2 is 2.36 bits per heavy atom. The van der Waals surface area contributed by atoms with Gasteiger partial charge < -0.3 is 19.9 Å². The maximum atomic E-state index is 5.58. The number of hydrogen-bond donors (Lipinski definition) is 2. The van der Waals surface area contributed by atoms with E-state index in [1.807, 2.05) is 6.92 Å². The number of aryl methyl sites for hydroxylation is 1. The maximum Gasteiger partial charge on any atom is 0.168 e. The minimum absolute atomic E-state index is 0.407. The number of nitrogens with one attached hydrogen (secondary N) is 2. The Morgan fingerprint density at radius 1 is 1.48 bits per heavy atom. The van der Waals surface area contributed by atoms with Crippen LogP contribution in [0.25, 0.3) is 11.0 Å². The highest BCUT2D eigenvalue weighted by Gasteiger charge is 2.25. The van der Waals surface area contributed by atoms with Gasteiger partial charge in [-0.25, -0.2) is 4.98 Å². The van der Waals surface area contributed by atoms with Gasteiger partial charge in [-0.2, -0.15) is 0 Å². The fourth-order valence-corrected chi connectivity index (χ4v) is 3.61. The fourth-order valence-electron chi connectivity index (χ4n) is 3.35. The smallest absolute Gasteiger partial charge is 0.168 e. The number of aromatic nitrogens is 2. The second kappa shape index (κ2) is 8.63. The minimum atomic E-state index is 0.407. The fraction of sp³-hybridized carbons (Fsp3) is 0.579. The number of likely N-dealkylation sites (tertiary alicyclic amines) is 1. The number of hydrogen-bond acceptors (Lipinski definition) is 3. The third kappa shape index (κ3) is 4.70. The van der Waals surface area contributed by atoms with Crippen LogP contribution in [0, 0.1) is 6.92 Å². The Bertz CT molecular complexity index is 715. The molecule has 1 atom stereocenters. The summed E-state index contributed by atoms with van der Waals surface area (Å²) in [5.41, 5.74) is 3.43. The summed E-state index contributed by atoms with van der Waals surface area (Å²) in [5.74, 6) is 1.49. The van der Waals surface area contributed by atoms with Crippen LogP contribution in [0.5, 0.6) is 0 Å². The molecule has 3 rings (SSSR count). The van der Waals surface area contributed by atoms with E-state index in [1.165, 1.54) is 5.56 Å². The average molecular weight is 361 g/mol. The van der Waals surface area contributed by atoms with Crippen molar-refractivity contribution < 1.29 is 4.74 Å². The summed E-state index contributed by atoms with van der Waals surface area (Å²) in [7, 11) is 0. The molecular weight excluding hydrogens is 332 g/mol. The van der Waals surface area contributed by atoms with Gasteiger partial charge in [0.1, 0.15) is 5.82 Å². The molecule has 1 aliphatic heterocycles. The Balaban J connectivity index is 1.57. The van der Waals surface area contributed by atoms with Gasteiger partial charge >= 0.3 is 0 Å². The van der Waals surface area contributed by atoms with Crippen molar-refractivity contribution in [3.63, 3.8) is 0 Å². The first-order valence-corrected chi connectivity index (χ1v) is 9.65. The number of nitrogens with zero attached hydrogens (tertiary/aromatic N) is 2. The molecule has 0 aliphatic carbocycles. The van der Waals surface area contributed by atoms with E-state index in [4.69, 9.17) is 21.9 Å². The zero-order valence-corrected chi connectivity index (χ0v) is 16.0. The number of aromatic amines is 1. The zero-order chi connectivity index (χ0) is 17.6. The van der Waals surface area contributed by atoms with E-state index in [9.17, 15) is 0 Å². The lowest BCUT2D eigenvalue weighted by Gasteiger charge is -2.33. The normalized spacial score (nSPS) is 17.8. The molecule has 1 fully saturated rings. The topological polar surface area (TPSA) is 53.2 Å². The molecule has 1 aliphatic rings. The molecule has 2 aromatic rings. The Labute approximate surface area is 155 Å². The first kappa shape index (κ1) is 18.1. The molecule has 136 valence electrons. The lowest BCUT2D eigenvalue weighted by Crippen LogP contribution is -2.45. The summed E-state index contributed by atoms with van der Waals surface area (Å²) >= 11 is 5.58. The van der Waals surface area contributed by atoms with E-state index >= 15 is 0 Å². The molecule has 0 unspecified atom stereocenters. The van der Waals surface area contributed by atoms with E-state index in [0.29, 0.717) is 5.92 Å². The van der Waals surface area contributed by atoms with Gasteiger partial charge in [-0.3, -0.25) is 0 Å². The molecule has 0 saturated carbocycles. The van der Waals surface area contributed by atoms with E-state index in [1.54, 1.807) is 0 Å². The van der Waals surface area contributed by atoms with Gasteiger partial charge in [0.05, 0.1) is 11.0 Å². The predicted molar refractivity (Wildman–Crippen MR) is 106 cm³/mol. The number of ether oxygens (including phenoxy) is 1. The highest BCUT2D eigenvalue weighted by Crippen LogP contribution is 2.27. The summed E-state index contributed by atoms with van der Waals surface area (Å²) in [6.45, 7) is 8.50. The molecule has 1 aromatic carbocycles. The van der Waals surface area contributed by atoms with Gasteiger partial charge in [0.2, 0.25) is 0 Å². The van der Waals surface area contributed by atoms with Crippen molar-refractivity contribution in [2.45, 2.75) is 39.0 Å². The summed E-state index contributed by atoms with van der Waals surface area (Å²) in [6.07, 6.45) is 3.28. The summed E-state index contributed by atoms with van der Waals surface area (Å²) in [6, 6.07) is 6.37. The maximum absolute atomic E-state index is 5.58. The van der Waals surface area contributed by atoms with Gasteiger partial charge in [-0.05, 0) is 63.0 Å². The molecule has 0 spiro atoms. The summed E-state index contributed by atoms with van der Waals surface area (Å²) in [4.78, 5) is 10.6. The predicted octanol–water partition coefficient (Wildman–Crippen LogP) is 3.35. The van der Waals surface area contributed by atoms with Gasteiger partial charge in [-0.1, -0.05) is 6.07 Å². The van der Waals surface area contributed by atoms with Crippen molar-refractivity contribution in [1.82, 2.24) is 20.2 Å². The number of benzene rings is 1. The summed E-state index contributed by atoms with van der Waals surface area (Å²) < 4.78 is 5.36. The number of imidazole rings is 1. The number of piperidine rings is 1. The van der Waals surface area contributed by atoms with Gasteiger partial charge in [0.15, 0.2) is 5.11 Å². The van der Waals surface area contributed by atoms with Crippen molar-refractivity contribution in [2.24, 2.45) is 0 Å². The molecular formula is C19H28N4OS. The van der Waals surface area contributed by atoms with Crippen LogP contribution < -0.4 is 5.32 Å². The van der Waals surface area contributed by atoms with Crippen LogP contribution in [0.15, 0.2) is 18.2 Å². The lowest BCUT2D eigenvalue weighted by atomic mass is 9.98. The minimum Gasteiger partial charge on any atom is -0.382 e. The number of thiocarbonyl (C=S) groups is 1. The molecule has 0 amide bonds. The van der Waals surface area contributed by atoms with Crippen LogP contribution in [0.3, 0.4) is 0 Å². The largest absolute Gasteiger partial charge is 0.382 e. The Morgan fingerprint density at radius 3 is 3.20 bits per heavy atom. The zero-order valence-electron chi connectivity index (χ0n) is 15.2. The molecule has 2 heterocycles. The number of rotatable bonds is 6. The molecule has 1 saturated heterocycles. The van der Waals surface area contributed by atoms with Gasteiger partial charge in [-0.15, -0.1) is 0 Å². The molecule has 5 nitrogen and oxygen atoms in total. The number of H-pyrrole nitrogens is 1. The summed E-state index contributed by atoms with van der Waals surface area (Å²) in [5, 5.41) is 4.22. The van der Waals surface area contributed by atoms with E-state index in [2.05, 4.69) is 40.3 Å². The van der Waals surface area contributed by atoms with Crippen molar-refractivity contribution in [3.05, 3.63) is 29.6 Å². The van der Waals surface area contributed by atoms with Crippen LogP contribution in [0.4, 0.5) is 0 Å². The van der Waals surface area contributed by atoms with Crippen LogP contribution in [-0.2, 0) is 4.74 Å². The first-order valence-electron chi connectivity index (χ1n) is 9.24. The van der Waals surface area contributed by atoms with Crippen LogP contribution in [0.1, 0.15) is 43.5 Å². The van der Waals surface area contributed by atoms with E-state index < -0.39 is 0 Å². The third-order valence-corrected chi connectivity index (χ3v) is 5.10. The molecule has 1 aromatic heterocycles. The highest BCUT2D eigenvalue weighted by atomic mass is 32.1. The average Bonchev–Trinajstić information content (AvgIpc) is 3.04. The molecule has 2 N–H and O–H groups in total. The molecule has 25 heavy (non-hydrogen) atoms. The molecule has 6 heteroatoms. The van der Waals surface area contributed by atoms with Gasteiger partial charge in [0.25, 0.3) is 0 Å². The monoisotopic (exact) mass is 360 g/mol. The highest BCUT2D eigenvalue weighted by molar-refractivity contribution is 7.80. The SMILES string of the molecule is CCOCCCNC(=S)N1CCC[C@H](c2nc3ccc(C)cc3[nH]2)C1. The lowest BCUT2D eigenvalue weighted by molar-refractivity contribution is 0.145. The van der Waals surface area contributed by atoms with Crippen LogP contribution in [0.2, 0.25) is 0 Å².